The molecule has 1 heterocycles. The number of rotatable bonds is 8. The third-order valence-corrected chi connectivity index (χ3v) is 6.66. The molecule has 0 radical (unpaired) electrons. The second kappa shape index (κ2) is 10.6. The first kappa shape index (κ1) is 23.6. The molecule has 0 saturated carbocycles. The Hall–Kier alpha value is -4.18. The van der Waals surface area contributed by atoms with Gasteiger partial charge >= 0.3 is 0 Å². The first-order chi connectivity index (χ1) is 17.7. The molecule has 0 aliphatic rings. The Morgan fingerprint density at radius 3 is 2.22 bits per heavy atom. The minimum Gasteiger partial charge on any atom is -0.344 e. The molecule has 1 N–H and O–H groups in total. The Morgan fingerprint density at radius 2 is 1.50 bits per heavy atom. The maximum Gasteiger partial charge on any atom is 0.270 e. The van der Waals surface area contributed by atoms with Gasteiger partial charge in [-0.3, -0.25) is 4.79 Å². The van der Waals surface area contributed by atoms with Crippen LogP contribution in [0.2, 0.25) is 0 Å². The smallest absolute Gasteiger partial charge is 0.270 e. The minimum absolute atomic E-state index is 0.0653. The zero-order valence-electron chi connectivity index (χ0n) is 20.8. The van der Waals surface area contributed by atoms with Crippen LogP contribution in [-0.2, 0) is 6.54 Å². The normalized spacial score (nSPS) is 11.9. The van der Waals surface area contributed by atoms with E-state index in [2.05, 4.69) is 60.1 Å². The van der Waals surface area contributed by atoms with E-state index in [1.807, 2.05) is 66.7 Å². The molecule has 1 unspecified atom stereocenters. The van der Waals surface area contributed by atoms with Crippen LogP contribution in [0.25, 0.3) is 33.4 Å². The Balaban J connectivity index is 1.68. The summed E-state index contributed by atoms with van der Waals surface area (Å²) in [4.78, 5) is 19.2. The first-order valence-corrected chi connectivity index (χ1v) is 12.7. The molecule has 0 spiro atoms. The lowest BCUT2D eigenvalue weighted by molar-refractivity contribution is 0.0926. The number of nitrogens with one attached hydrogen (secondary N) is 1. The van der Waals surface area contributed by atoms with Crippen LogP contribution in [0.1, 0.15) is 48.8 Å². The Morgan fingerprint density at radius 1 is 0.833 bits per heavy atom. The summed E-state index contributed by atoms with van der Waals surface area (Å²) in [6.45, 7) is 4.85. The molecule has 5 aromatic rings. The van der Waals surface area contributed by atoms with Crippen molar-refractivity contribution in [1.82, 2.24) is 14.9 Å². The molecule has 0 bridgehead atoms. The number of carbonyl (C=O) groups excluding carboxylic acids is 1. The third kappa shape index (κ3) is 4.55. The predicted octanol–water partition coefficient (Wildman–Crippen LogP) is 7.66. The average Bonchev–Trinajstić information content (AvgIpc) is 3.33. The highest BCUT2D eigenvalue weighted by atomic mass is 16.2. The molecule has 1 amide bonds. The summed E-state index contributed by atoms with van der Waals surface area (Å²) in [7, 11) is 0. The van der Waals surface area contributed by atoms with E-state index >= 15 is 0 Å². The number of aromatic nitrogens is 2. The van der Waals surface area contributed by atoms with Crippen molar-refractivity contribution >= 4 is 16.7 Å². The topological polar surface area (TPSA) is 46.9 Å². The maximum atomic E-state index is 14.1. The van der Waals surface area contributed by atoms with Crippen LogP contribution in [0.15, 0.2) is 103 Å². The number of carbonyl (C=O) groups is 1. The number of imidazole rings is 1. The van der Waals surface area contributed by atoms with Crippen LogP contribution >= 0.6 is 0 Å². The van der Waals surface area contributed by atoms with E-state index in [4.69, 9.17) is 4.98 Å². The van der Waals surface area contributed by atoms with Gasteiger partial charge in [0.1, 0.15) is 17.2 Å². The van der Waals surface area contributed by atoms with Gasteiger partial charge in [-0.25, -0.2) is 4.98 Å². The lowest BCUT2D eigenvalue weighted by Crippen LogP contribution is -2.30. The van der Waals surface area contributed by atoms with Crippen LogP contribution in [0.5, 0.6) is 0 Å². The van der Waals surface area contributed by atoms with E-state index in [0.717, 1.165) is 46.1 Å². The summed E-state index contributed by atoms with van der Waals surface area (Å²) < 4.78 is 2.05. The van der Waals surface area contributed by atoms with Crippen molar-refractivity contribution < 1.29 is 4.79 Å². The highest BCUT2D eigenvalue weighted by molar-refractivity contribution is 6.05. The molecule has 1 aromatic heterocycles. The van der Waals surface area contributed by atoms with Gasteiger partial charge in [-0.1, -0.05) is 116 Å². The zero-order chi connectivity index (χ0) is 24.9. The minimum atomic E-state index is -0.100. The van der Waals surface area contributed by atoms with Gasteiger partial charge in [0, 0.05) is 17.7 Å². The number of benzene rings is 4. The summed E-state index contributed by atoms with van der Waals surface area (Å²) in [5, 5.41) is 5.56. The van der Waals surface area contributed by atoms with Crippen LogP contribution in [-0.4, -0.2) is 15.5 Å². The molecule has 0 aliphatic heterocycles. The Labute approximate surface area is 212 Å². The second-order valence-corrected chi connectivity index (χ2v) is 9.00. The largest absolute Gasteiger partial charge is 0.344 e. The SMILES string of the molecule is CCCC(NC(=O)c1c(-c2cccc3ccccc23)nc(-c2ccccc2)n1CC)c1ccccc1. The number of nitrogens with zero attached hydrogens (tertiary/aromatic N) is 2. The molecule has 1 atom stereocenters. The second-order valence-electron chi connectivity index (χ2n) is 9.00. The highest BCUT2D eigenvalue weighted by Crippen LogP contribution is 2.34. The van der Waals surface area contributed by atoms with Gasteiger partial charge in [-0.2, -0.15) is 0 Å². The summed E-state index contributed by atoms with van der Waals surface area (Å²) in [6, 6.07) is 34.7. The molecule has 4 nitrogen and oxygen atoms in total. The fourth-order valence-corrected chi connectivity index (χ4v) is 4.94. The van der Waals surface area contributed by atoms with Gasteiger partial charge in [-0.15, -0.1) is 0 Å². The maximum absolute atomic E-state index is 14.1. The number of hydrogen-bond acceptors (Lipinski definition) is 2. The number of fused-ring (bicyclic) bond motifs is 1. The van der Waals surface area contributed by atoms with E-state index < -0.39 is 0 Å². The van der Waals surface area contributed by atoms with Gasteiger partial charge in [0.2, 0.25) is 0 Å². The van der Waals surface area contributed by atoms with Gasteiger partial charge in [0.05, 0.1) is 6.04 Å². The molecule has 4 heteroatoms. The lowest BCUT2D eigenvalue weighted by Gasteiger charge is -2.20. The molecule has 0 aliphatic carbocycles. The zero-order valence-corrected chi connectivity index (χ0v) is 20.8. The van der Waals surface area contributed by atoms with Gasteiger partial charge in [0.15, 0.2) is 0 Å². The summed E-state index contributed by atoms with van der Waals surface area (Å²) in [6.07, 6.45) is 1.84. The van der Waals surface area contributed by atoms with Crippen LogP contribution < -0.4 is 5.32 Å². The van der Waals surface area contributed by atoms with Crippen molar-refractivity contribution in [3.05, 3.63) is 114 Å². The van der Waals surface area contributed by atoms with Crippen molar-refractivity contribution in [2.45, 2.75) is 39.3 Å². The van der Waals surface area contributed by atoms with Gasteiger partial charge in [-0.05, 0) is 29.7 Å². The number of hydrogen-bond donors (Lipinski definition) is 1. The molecule has 0 fully saturated rings. The first-order valence-electron chi connectivity index (χ1n) is 12.7. The lowest BCUT2D eigenvalue weighted by atomic mass is 10.00. The van der Waals surface area contributed by atoms with Crippen molar-refractivity contribution in [2.24, 2.45) is 0 Å². The van der Waals surface area contributed by atoms with E-state index in [-0.39, 0.29) is 11.9 Å². The third-order valence-electron chi connectivity index (χ3n) is 6.66. The molecular weight excluding hydrogens is 442 g/mol. The van der Waals surface area contributed by atoms with Crippen molar-refractivity contribution in [3.63, 3.8) is 0 Å². The molecule has 180 valence electrons. The molecule has 36 heavy (non-hydrogen) atoms. The molecule has 0 saturated heterocycles. The fourth-order valence-electron chi connectivity index (χ4n) is 4.94. The van der Waals surface area contributed by atoms with Crippen molar-refractivity contribution in [3.8, 4) is 22.6 Å². The van der Waals surface area contributed by atoms with Crippen LogP contribution in [0.3, 0.4) is 0 Å². The Kier molecular flexibility index (Phi) is 6.94. The van der Waals surface area contributed by atoms with Gasteiger partial charge in [0.25, 0.3) is 5.91 Å². The van der Waals surface area contributed by atoms with Gasteiger partial charge < -0.3 is 9.88 Å². The summed E-state index contributed by atoms with van der Waals surface area (Å²) >= 11 is 0. The quantitative estimate of drug-likeness (QED) is 0.251. The molecular formula is C32H31N3O. The van der Waals surface area contributed by atoms with E-state index in [1.54, 1.807) is 0 Å². The molecule has 5 rings (SSSR count). The summed E-state index contributed by atoms with van der Waals surface area (Å²) in [5.41, 5.74) is 4.39. The molecule has 4 aromatic carbocycles. The standard InChI is InChI=1S/C32H31N3O/c1-3-14-28(24-16-7-5-8-17-24)33-32(36)30-29(27-22-13-20-23-15-11-12-21-26(23)27)34-31(35(30)4-2)25-18-9-6-10-19-25/h5-13,15-22,28H,3-4,14H2,1-2H3,(H,33,36). The number of amides is 1. The van der Waals surface area contributed by atoms with Crippen molar-refractivity contribution in [2.75, 3.05) is 0 Å². The van der Waals surface area contributed by atoms with Crippen molar-refractivity contribution in [1.29, 1.82) is 0 Å². The average molecular weight is 474 g/mol. The monoisotopic (exact) mass is 473 g/mol. The van der Waals surface area contributed by atoms with Crippen LogP contribution in [0.4, 0.5) is 0 Å². The Bertz CT molecular complexity index is 1470. The fraction of sp³-hybridized carbons (Fsp3) is 0.188. The summed E-state index contributed by atoms with van der Waals surface area (Å²) in [5.74, 6) is 0.703. The van der Waals surface area contributed by atoms with E-state index in [1.165, 1.54) is 0 Å². The highest BCUT2D eigenvalue weighted by Gasteiger charge is 2.27. The predicted molar refractivity (Wildman–Crippen MR) is 148 cm³/mol. The van der Waals surface area contributed by atoms with Crippen LogP contribution in [0, 0.1) is 0 Å². The van der Waals surface area contributed by atoms with E-state index in [0.29, 0.717) is 17.9 Å². The van der Waals surface area contributed by atoms with E-state index in [9.17, 15) is 4.79 Å².